The van der Waals surface area contributed by atoms with Gasteiger partial charge in [-0.05, 0) is 36.5 Å². The maximum atomic E-state index is 5.23. The molecule has 11 heavy (non-hydrogen) atoms. The molecule has 2 rings (SSSR count). The second kappa shape index (κ2) is 2.39. The maximum absolute atomic E-state index is 5.23. The molecule has 0 bridgehead atoms. The molecule has 1 aromatic heterocycles. The summed E-state index contributed by atoms with van der Waals surface area (Å²) in [6.07, 6.45) is 9.65. The Labute approximate surface area is 66.5 Å². The highest BCUT2D eigenvalue weighted by atomic mass is 14.7. The average molecular weight is 143 g/mol. The summed E-state index contributed by atoms with van der Waals surface area (Å²) in [6.45, 7) is 0. The zero-order valence-corrected chi connectivity index (χ0v) is 6.25. The normalized spacial score (nSPS) is 15.9. The van der Waals surface area contributed by atoms with E-state index in [9.17, 15) is 0 Å². The number of pyridine rings is 1. The lowest BCUT2D eigenvalue weighted by Crippen LogP contribution is -1.84. The molecule has 0 aliphatic heterocycles. The van der Waals surface area contributed by atoms with Gasteiger partial charge >= 0.3 is 0 Å². The molecule has 1 heteroatoms. The second-order valence-electron chi connectivity index (χ2n) is 2.89. The predicted molar refractivity (Wildman–Crippen MR) is 44.1 cm³/mol. The van der Waals surface area contributed by atoms with Crippen molar-refractivity contribution < 1.29 is 0 Å². The minimum atomic E-state index is 0.759. The van der Waals surface area contributed by atoms with E-state index in [0.29, 0.717) is 0 Å². The molecule has 1 aromatic rings. The Hall–Kier alpha value is -1.29. The van der Waals surface area contributed by atoms with Crippen LogP contribution in [-0.4, -0.2) is 4.98 Å². The van der Waals surface area contributed by atoms with Crippen LogP contribution in [0.4, 0.5) is 0 Å². The van der Waals surface area contributed by atoms with Crippen molar-refractivity contribution in [2.75, 3.05) is 0 Å². The number of aromatic nitrogens is 1. The van der Waals surface area contributed by atoms with Gasteiger partial charge in [-0.25, -0.2) is 4.98 Å². The van der Waals surface area contributed by atoms with Crippen LogP contribution in [0.15, 0.2) is 18.3 Å². The zero-order valence-electron chi connectivity index (χ0n) is 6.25. The molecule has 0 spiro atoms. The van der Waals surface area contributed by atoms with E-state index in [4.69, 9.17) is 6.42 Å². The van der Waals surface area contributed by atoms with Crippen molar-refractivity contribution in [1.29, 1.82) is 0 Å². The van der Waals surface area contributed by atoms with Crippen molar-refractivity contribution in [1.82, 2.24) is 4.98 Å². The van der Waals surface area contributed by atoms with E-state index in [1.54, 1.807) is 6.20 Å². The lowest BCUT2D eigenvalue weighted by molar-refractivity contribution is 1.10. The van der Waals surface area contributed by atoms with Gasteiger partial charge in [0.2, 0.25) is 0 Å². The standard InChI is InChI=1S/C10H9N/c1-2-10-7-9(5-6-11-10)8-3-4-8/h1,5-8H,3-4H2. The molecule has 1 fully saturated rings. The number of rotatable bonds is 1. The van der Waals surface area contributed by atoms with Gasteiger partial charge in [-0.2, -0.15) is 0 Å². The van der Waals surface area contributed by atoms with E-state index < -0.39 is 0 Å². The molecule has 0 unspecified atom stereocenters. The fourth-order valence-corrected chi connectivity index (χ4v) is 1.20. The summed E-state index contributed by atoms with van der Waals surface area (Å²) in [4.78, 5) is 4.03. The lowest BCUT2D eigenvalue weighted by atomic mass is 10.1. The van der Waals surface area contributed by atoms with Gasteiger partial charge in [-0.15, -0.1) is 6.42 Å². The van der Waals surface area contributed by atoms with Gasteiger partial charge in [-0.3, -0.25) is 0 Å². The van der Waals surface area contributed by atoms with Crippen molar-refractivity contribution in [2.24, 2.45) is 0 Å². The predicted octanol–water partition coefficient (Wildman–Crippen LogP) is 1.94. The molecule has 1 heterocycles. The highest BCUT2D eigenvalue weighted by Gasteiger charge is 2.23. The third-order valence-electron chi connectivity index (χ3n) is 1.98. The van der Waals surface area contributed by atoms with Crippen LogP contribution >= 0.6 is 0 Å². The van der Waals surface area contributed by atoms with Gasteiger partial charge < -0.3 is 0 Å². The average Bonchev–Trinajstić information content (AvgIpc) is 2.87. The smallest absolute Gasteiger partial charge is 0.113 e. The Morgan fingerprint density at radius 2 is 2.36 bits per heavy atom. The molecule has 1 aliphatic carbocycles. The molecule has 0 N–H and O–H groups in total. The molecular weight excluding hydrogens is 134 g/mol. The first kappa shape index (κ1) is 6.42. The third kappa shape index (κ3) is 1.25. The molecule has 1 aliphatic rings. The fourth-order valence-electron chi connectivity index (χ4n) is 1.20. The molecule has 54 valence electrons. The van der Waals surface area contributed by atoms with E-state index in [1.165, 1.54) is 18.4 Å². The Balaban J connectivity index is 2.35. The second-order valence-corrected chi connectivity index (χ2v) is 2.89. The van der Waals surface area contributed by atoms with Gasteiger partial charge in [0, 0.05) is 6.20 Å². The zero-order chi connectivity index (χ0) is 7.68. The van der Waals surface area contributed by atoms with E-state index in [1.807, 2.05) is 6.07 Å². The van der Waals surface area contributed by atoms with E-state index in [-0.39, 0.29) is 0 Å². The summed E-state index contributed by atoms with van der Waals surface area (Å²) < 4.78 is 0. The van der Waals surface area contributed by atoms with Crippen LogP contribution in [0.1, 0.15) is 30.0 Å². The summed E-state index contributed by atoms with van der Waals surface area (Å²) in [6, 6.07) is 4.07. The Kier molecular flexibility index (Phi) is 1.40. The topological polar surface area (TPSA) is 12.9 Å². The monoisotopic (exact) mass is 143 g/mol. The van der Waals surface area contributed by atoms with Gasteiger partial charge in [0.1, 0.15) is 5.69 Å². The third-order valence-corrected chi connectivity index (χ3v) is 1.98. The van der Waals surface area contributed by atoms with Crippen molar-refractivity contribution >= 4 is 0 Å². The molecule has 1 saturated carbocycles. The van der Waals surface area contributed by atoms with Crippen LogP contribution in [0.2, 0.25) is 0 Å². The van der Waals surface area contributed by atoms with Crippen LogP contribution in [0.5, 0.6) is 0 Å². The quantitative estimate of drug-likeness (QED) is 0.547. The van der Waals surface area contributed by atoms with Gasteiger partial charge in [0.15, 0.2) is 0 Å². The molecule has 0 amide bonds. The summed E-state index contributed by atoms with van der Waals surface area (Å²) in [5, 5.41) is 0. The first-order valence-corrected chi connectivity index (χ1v) is 3.83. The highest BCUT2D eigenvalue weighted by Crippen LogP contribution is 2.39. The maximum Gasteiger partial charge on any atom is 0.113 e. The van der Waals surface area contributed by atoms with Crippen molar-refractivity contribution in [3.05, 3.63) is 29.6 Å². The van der Waals surface area contributed by atoms with E-state index >= 15 is 0 Å². The molecule has 0 atom stereocenters. The van der Waals surface area contributed by atoms with Crippen LogP contribution in [0, 0.1) is 12.3 Å². The summed E-state index contributed by atoms with van der Waals surface area (Å²) in [5.41, 5.74) is 2.11. The minimum Gasteiger partial charge on any atom is -0.248 e. The molecule has 0 aromatic carbocycles. The van der Waals surface area contributed by atoms with Crippen molar-refractivity contribution in [3.63, 3.8) is 0 Å². The molecule has 0 saturated heterocycles. The lowest BCUT2D eigenvalue weighted by Gasteiger charge is -1.95. The Morgan fingerprint density at radius 3 is 3.00 bits per heavy atom. The molecular formula is C10H9N. The number of hydrogen-bond donors (Lipinski definition) is 0. The van der Waals surface area contributed by atoms with E-state index in [2.05, 4.69) is 17.0 Å². The summed E-state index contributed by atoms with van der Waals surface area (Å²) in [5.74, 6) is 3.31. The van der Waals surface area contributed by atoms with Gasteiger partial charge in [0.25, 0.3) is 0 Å². The van der Waals surface area contributed by atoms with Crippen molar-refractivity contribution in [2.45, 2.75) is 18.8 Å². The molecule has 0 radical (unpaired) electrons. The first-order chi connectivity index (χ1) is 5.40. The molecule has 1 nitrogen and oxygen atoms in total. The van der Waals surface area contributed by atoms with Crippen LogP contribution in [0.3, 0.4) is 0 Å². The van der Waals surface area contributed by atoms with E-state index in [0.717, 1.165) is 11.6 Å². The first-order valence-electron chi connectivity index (χ1n) is 3.83. The summed E-state index contributed by atoms with van der Waals surface area (Å²) in [7, 11) is 0. The number of hydrogen-bond acceptors (Lipinski definition) is 1. The van der Waals surface area contributed by atoms with Crippen LogP contribution in [-0.2, 0) is 0 Å². The largest absolute Gasteiger partial charge is 0.248 e. The fraction of sp³-hybridized carbons (Fsp3) is 0.300. The SMILES string of the molecule is C#Cc1cc(C2CC2)ccn1. The Morgan fingerprint density at radius 1 is 1.55 bits per heavy atom. The number of nitrogens with zero attached hydrogens (tertiary/aromatic N) is 1. The Bertz CT molecular complexity index is 305. The highest BCUT2D eigenvalue weighted by molar-refractivity contribution is 5.31. The van der Waals surface area contributed by atoms with Gasteiger partial charge in [-0.1, -0.05) is 5.92 Å². The van der Waals surface area contributed by atoms with Gasteiger partial charge in [0.05, 0.1) is 0 Å². The van der Waals surface area contributed by atoms with Crippen LogP contribution in [0.25, 0.3) is 0 Å². The minimum absolute atomic E-state index is 0.759. The van der Waals surface area contributed by atoms with Crippen LogP contribution < -0.4 is 0 Å². The number of terminal acetylenes is 1. The van der Waals surface area contributed by atoms with Crippen molar-refractivity contribution in [3.8, 4) is 12.3 Å². The summed E-state index contributed by atoms with van der Waals surface area (Å²) >= 11 is 0.